The molecule has 3 aromatic heterocycles. The Morgan fingerprint density at radius 2 is 1.77 bits per heavy atom. The lowest BCUT2D eigenvalue weighted by atomic mass is 9.85. The van der Waals surface area contributed by atoms with Crippen molar-refractivity contribution in [1.82, 2.24) is 23.6 Å². The predicted molar refractivity (Wildman–Crippen MR) is 139 cm³/mol. The van der Waals surface area contributed by atoms with E-state index in [9.17, 15) is 9.90 Å². The summed E-state index contributed by atoms with van der Waals surface area (Å²) in [6.45, 7) is 8.16. The van der Waals surface area contributed by atoms with Gasteiger partial charge in [0.1, 0.15) is 11.5 Å². The molecule has 0 bridgehead atoms. The van der Waals surface area contributed by atoms with Crippen LogP contribution >= 0.6 is 27.7 Å². The van der Waals surface area contributed by atoms with Crippen LogP contribution in [0.5, 0.6) is 5.75 Å². The van der Waals surface area contributed by atoms with Crippen LogP contribution in [0.3, 0.4) is 0 Å². The number of fused-ring (bicyclic) bond motifs is 1. The first-order valence-electron chi connectivity index (χ1n) is 10.8. The summed E-state index contributed by atoms with van der Waals surface area (Å²) in [5, 5.41) is 17.5. The third kappa shape index (κ3) is 5.08. The normalized spacial score (nSPS) is 12.5. The van der Waals surface area contributed by atoms with Crippen LogP contribution in [0.15, 0.2) is 33.2 Å². The van der Waals surface area contributed by atoms with E-state index < -0.39 is 0 Å². The molecule has 10 nitrogen and oxygen atoms in total. The van der Waals surface area contributed by atoms with Gasteiger partial charge in [-0.15, -0.1) is 0 Å². The summed E-state index contributed by atoms with van der Waals surface area (Å²) < 4.78 is 14.8. The molecule has 1 aromatic carbocycles. The molecule has 3 N–H and O–H groups in total. The number of hydrogen-bond acceptors (Lipinski definition) is 10. The minimum absolute atomic E-state index is 0.137. The van der Waals surface area contributed by atoms with Crippen molar-refractivity contribution in [2.24, 2.45) is 5.41 Å². The SMILES string of the molecule is Cc1ccc([C@H](Nc2nc3nsnc3nc2Nc2ccc(Br)c(C(=O)N(C)C)c2O)C(C)(C)C)o1. The highest BCUT2D eigenvalue weighted by atomic mass is 79.9. The van der Waals surface area contributed by atoms with Crippen LogP contribution in [0.1, 0.15) is 48.7 Å². The number of phenolic OH excluding ortho intramolecular Hbond substituents is 1. The molecule has 184 valence electrons. The number of anilines is 3. The van der Waals surface area contributed by atoms with Crippen LogP contribution in [0.2, 0.25) is 0 Å². The number of phenols is 1. The van der Waals surface area contributed by atoms with Crippen molar-refractivity contribution >= 4 is 62.2 Å². The molecule has 1 atom stereocenters. The first-order valence-corrected chi connectivity index (χ1v) is 12.3. The highest BCUT2D eigenvalue weighted by molar-refractivity contribution is 9.10. The molecule has 0 aliphatic heterocycles. The molecule has 3 heterocycles. The summed E-state index contributed by atoms with van der Waals surface area (Å²) >= 11 is 4.37. The molecule has 35 heavy (non-hydrogen) atoms. The maximum Gasteiger partial charge on any atom is 0.258 e. The Morgan fingerprint density at radius 1 is 1.11 bits per heavy atom. The molecule has 0 fully saturated rings. The van der Waals surface area contributed by atoms with Gasteiger partial charge in [-0.1, -0.05) is 20.8 Å². The number of carbonyl (C=O) groups is 1. The van der Waals surface area contributed by atoms with Crippen LogP contribution in [0.25, 0.3) is 11.3 Å². The molecular formula is C23H26BrN7O3S. The van der Waals surface area contributed by atoms with Crippen LogP contribution in [0, 0.1) is 12.3 Å². The van der Waals surface area contributed by atoms with Gasteiger partial charge in [0, 0.05) is 18.6 Å². The van der Waals surface area contributed by atoms with Gasteiger partial charge in [0.15, 0.2) is 17.4 Å². The Morgan fingerprint density at radius 3 is 2.34 bits per heavy atom. The maximum absolute atomic E-state index is 12.7. The van der Waals surface area contributed by atoms with Crippen molar-refractivity contribution in [3.63, 3.8) is 0 Å². The Kier molecular flexibility index (Phi) is 6.69. The van der Waals surface area contributed by atoms with Gasteiger partial charge in [0.05, 0.1) is 29.0 Å². The Balaban J connectivity index is 1.79. The van der Waals surface area contributed by atoms with E-state index in [2.05, 4.69) is 66.0 Å². The molecule has 4 rings (SSSR count). The zero-order chi connectivity index (χ0) is 25.5. The van der Waals surface area contributed by atoms with E-state index in [1.54, 1.807) is 26.2 Å². The van der Waals surface area contributed by atoms with E-state index in [-0.39, 0.29) is 28.7 Å². The van der Waals surface area contributed by atoms with Crippen molar-refractivity contribution in [3.05, 3.63) is 45.8 Å². The number of benzene rings is 1. The monoisotopic (exact) mass is 559 g/mol. The Hall–Kier alpha value is -3.25. The Bertz CT molecular complexity index is 1390. The number of nitrogens with zero attached hydrogens (tertiary/aromatic N) is 5. The van der Waals surface area contributed by atoms with Gasteiger partial charge >= 0.3 is 0 Å². The van der Waals surface area contributed by atoms with Gasteiger partial charge in [-0.3, -0.25) is 4.79 Å². The molecule has 1 amide bonds. The van der Waals surface area contributed by atoms with Crippen molar-refractivity contribution in [1.29, 1.82) is 0 Å². The van der Waals surface area contributed by atoms with E-state index in [0.717, 1.165) is 23.2 Å². The van der Waals surface area contributed by atoms with Crippen molar-refractivity contribution in [2.45, 2.75) is 33.7 Å². The summed E-state index contributed by atoms with van der Waals surface area (Å²) in [5.74, 6) is 1.73. The van der Waals surface area contributed by atoms with Crippen LogP contribution in [0.4, 0.5) is 17.3 Å². The summed E-state index contributed by atoms with van der Waals surface area (Å²) in [4.78, 5) is 23.3. The lowest BCUT2D eigenvalue weighted by molar-refractivity contribution is 0.0824. The molecular weight excluding hydrogens is 534 g/mol. The molecule has 0 aliphatic carbocycles. The number of rotatable bonds is 6. The highest BCUT2D eigenvalue weighted by Gasteiger charge is 2.31. The van der Waals surface area contributed by atoms with Crippen molar-refractivity contribution in [2.75, 3.05) is 24.7 Å². The summed E-state index contributed by atoms with van der Waals surface area (Å²) in [6.07, 6.45) is 0. The second-order valence-electron chi connectivity index (χ2n) is 9.37. The van der Waals surface area contributed by atoms with E-state index in [1.165, 1.54) is 4.90 Å². The summed E-state index contributed by atoms with van der Waals surface area (Å²) in [7, 11) is 3.24. The second-order valence-corrected chi connectivity index (χ2v) is 10.7. The van der Waals surface area contributed by atoms with E-state index in [0.29, 0.717) is 33.1 Å². The number of carbonyl (C=O) groups excluding carboxylic acids is 1. The lowest BCUT2D eigenvalue weighted by Crippen LogP contribution is -2.26. The average Bonchev–Trinajstić information content (AvgIpc) is 3.41. The van der Waals surface area contributed by atoms with E-state index in [4.69, 9.17) is 4.42 Å². The summed E-state index contributed by atoms with van der Waals surface area (Å²) in [5.41, 5.74) is 0.945. The number of aromatic hydroxyl groups is 1. The molecule has 0 saturated heterocycles. The van der Waals surface area contributed by atoms with Crippen LogP contribution in [-0.4, -0.2) is 48.7 Å². The molecule has 0 saturated carbocycles. The highest BCUT2D eigenvalue weighted by Crippen LogP contribution is 2.40. The van der Waals surface area contributed by atoms with E-state index in [1.807, 2.05) is 19.1 Å². The predicted octanol–water partition coefficient (Wildman–Crippen LogP) is 5.50. The fraction of sp³-hybridized carbons (Fsp3) is 0.348. The standard InChI is InChI=1S/C23H26BrN7O3S/c1-11-7-10-14(34-11)17(23(2,3)4)26-19-18(27-20-21(28-19)30-35-29-20)25-13-9-8-12(24)15(16(13)32)22(33)31(5)6/h7-10,17,32H,1-6H3,(H,25,27,29)(H,26,28,30)/t17-/m0/s1. The van der Waals surface area contributed by atoms with Crippen LogP contribution < -0.4 is 10.6 Å². The zero-order valence-electron chi connectivity index (χ0n) is 20.2. The second kappa shape index (κ2) is 9.42. The number of nitrogens with one attached hydrogen (secondary N) is 2. The van der Waals surface area contributed by atoms with Gasteiger partial charge in [0.2, 0.25) is 11.3 Å². The molecule has 0 unspecified atom stereocenters. The van der Waals surface area contributed by atoms with Gasteiger partial charge in [0.25, 0.3) is 5.91 Å². The third-order valence-corrected chi connectivity index (χ3v) is 6.48. The van der Waals surface area contributed by atoms with Crippen LogP contribution in [-0.2, 0) is 0 Å². The minimum Gasteiger partial charge on any atom is -0.505 e. The largest absolute Gasteiger partial charge is 0.505 e. The van der Waals surface area contributed by atoms with Crippen molar-refractivity contribution in [3.8, 4) is 5.75 Å². The maximum atomic E-state index is 12.7. The lowest BCUT2D eigenvalue weighted by Gasteiger charge is -2.30. The molecule has 12 heteroatoms. The topological polar surface area (TPSA) is 129 Å². The first kappa shape index (κ1) is 24.9. The van der Waals surface area contributed by atoms with Gasteiger partial charge in [-0.2, -0.15) is 8.75 Å². The first-order chi connectivity index (χ1) is 16.5. The molecule has 0 radical (unpaired) electrons. The van der Waals surface area contributed by atoms with Gasteiger partial charge < -0.3 is 25.1 Å². The van der Waals surface area contributed by atoms with Gasteiger partial charge in [-0.25, -0.2) is 9.97 Å². The van der Waals surface area contributed by atoms with Gasteiger partial charge in [-0.05, 0) is 52.5 Å². The number of aryl methyl sites for hydroxylation is 1. The molecule has 0 spiro atoms. The molecule has 0 aliphatic rings. The number of aromatic nitrogens is 4. The zero-order valence-corrected chi connectivity index (χ0v) is 22.6. The molecule has 4 aromatic rings. The average molecular weight is 560 g/mol. The minimum atomic E-state index is -0.345. The fourth-order valence-corrected chi connectivity index (χ4v) is 4.44. The fourth-order valence-electron chi connectivity index (χ4n) is 3.51. The van der Waals surface area contributed by atoms with E-state index >= 15 is 0 Å². The third-order valence-electron chi connectivity index (χ3n) is 5.31. The van der Waals surface area contributed by atoms with Crippen molar-refractivity contribution < 1.29 is 14.3 Å². The number of furan rings is 1. The quantitative estimate of drug-likeness (QED) is 0.262. The number of hydrogen-bond donors (Lipinski definition) is 3. The smallest absolute Gasteiger partial charge is 0.258 e. The number of halogens is 1. The summed E-state index contributed by atoms with van der Waals surface area (Å²) in [6, 6.07) is 6.93. The number of amides is 1. The Labute approximate surface area is 215 Å².